The zero-order valence-corrected chi connectivity index (χ0v) is 14.3. The first kappa shape index (κ1) is 17.9. The van der Waals surface area contributed by atoms with Gasteiger partial charge in [-0.3, -0.25) is 0 Å². The molecule has 126 valence electrons. The van der Waals surface area contributed by atoms with Crippen molar-refractivity contribution in [2.24, 2.45) is 0 Å². The fourth-order valence-electron chi connectivity index (χ4n) is 2.49. The highest BCUT2D eigenvalue weighted by Crippen LogP contribution is 2.33. The van der Waals surface area contributed by atoms with Crippen LogP contribution >= 0.6 is 0 Å². The molecule has 0 aliphatic rings. The number of phenolic OH excluding ortho intramolecular Hbond substituents is 1. The average molecular weight is 324 g/mol. The van der Waals surface area contributed by atoms with Crippen molar-refractivity contribution in [1.82, 2.24) is 0 Å². The summed E-state index contributed by atoms with van der Waals surface area (Å²) in [4.78, 5) is 0. The molecule has 0 spiro atoms. The molecule has 0 heterocycles. The maximum atomic E-state index is 9.44. The van der Waals surface area contributed by atoms with Gasteiger partial charge in [-0.2, -0.15) is 0 Å². The molecule has 1 N–H and O–H groups in total. The van der Waals surface area contributed by atoms with Crippen LogP contribution in [0.3, 0.4) is 0 Å². The molecule has 0 atom stereocenters. The van der Waals surface area contributed by atoms with E-state index in [1.807, 2.05) is 24.3 Å². The summed E-state index contributed by atoms with van der Waals surface area (Å²) in [5.74, 6) is 3.56. The molecule has 0 saturated heterocycles. The first-order valence-electron chi connectivity index (χ1n) is 8.08. The van der Waals surface area contributed by atoms with Gasteiger partial charge in [-0.25, -0.2) is 0 Å². The maximum absolute atomic E-state index is 9.44. The second-order valence-electron chi connectivity index (χ2n) is 6.15. The van der Waals surface area contributed by atoms with Crippen LogP contribution in [0.4, 0.5) is 0 Å². The van der Waals surface area contributed by atoms with Gasteiger partial charge < -0.3 is 14.6 Å². The lowest BCUT2D eigenvalue weighted by Gasteiger charge is -2.26. The van der Waals surface area contributed by atoms with Crippen LogP contribution in [-0.4, -0.2) is 24.9 Å². The van der Waals surface area contributed by atoms with Crippen molar-refractivity contribution in [3.8, 4) is 23.8 Å². The van der Waals surface area contributed by atoms with E-state index >= 15 is 0 Å². The van der Waals surface area contributed by atoms with Gasteiger partial charge in [-0.1, -0.05) is 44.0 Å². The van der Waals surface area contributed by atoms with E-state index in [1.54, 1.807) is 12.1 Å². The molecule has 0 aromatic heterocycles. The highest BCUT2D eigenvalue weighted by molar-refractivity contribution is 5.41. The van der Waals surface area contributed by atoms with Gasteiger partial charge in [-0.05, 0) is 35.4 Å². The molecule has 0 amide bonds. The van der Waals surface area contributed by atoms with Gasteiger partial charge >= 0.3 is 0 Å². The van der Waals surface area contributed by atoms with Crippen molar-refractivity contribution in [2.45, 2.75) is 25.7 Å². The van der Waals surface area contributed by atoms with Gasteiger partial charge in [0, 0.05) is 11.8 Å². The molecule has 0 saturated carbocycles. The Bertz CT molecular complexity index is 664. The van der Waals surface area contributed by atoms with Gasteiger partial charge in [0.05, 0.1) is 13.2 Å². The lowest BCUT2D eigenvalue weighted by Crippen LogP contribution is -2.18. The molecule has 0 radical (unpaired) electrons. The Morgan fingerprint density at radius 1 is 0.958 bits per heavy atom. The van der Waals surface area contributed by atoms with Crippen LogP contribution in [0.5, 0.6) is 11.5 Å². The van der Waals surface area contributed by atoms with E-state index in [0.717, 1.165) is 17.7 Å². The van der Waals surface area contributed by atoms with E-state index in [-0.39, 0.29) is 11.2 Å². The lowest BCUT2D eigenvalue weighted by atomic mass is 9.78. The van der Waals surface area contributed by atoms with Crippen LogP contribution in [0.15, 0.2) is 48.5 Å². The van der Waals surface area contributed by atoms with Crippen LogP contribution in [0.2, 0.25) is 0 Å². The zero-order chi connectivity index (χ0) is 17.4. The standard InChI is InChI=1S/C21H24O3/c1-4-14-23-15-5-16-24-20-12-8-18(9-13-20)21(2,3)17-6-10-19(22)11-7-17/h1,6-13,22H,5,14-16H2,2-3H3. The fraction of sp³-hybridized carbons (Fsp3) is 0.333. The SMILES string of the molecule is C#CCOCCCOc1ccc(C(C)(C)c2ccc(O)cc2)cc1. The van der Waals surface area contributed by atoms with Crippen molar-refractivity contribution < 1.29 is 14.6 Å². The topological polar surface area (TPSA) is 38.7 Å². The predicted octanol–water partition coefficient (Wildman–Crippen LogP) is 4.14. The quantitative estimate of drug-likeness (QED) is 0.586. The second kappa shape index (κ2) is 8.42. The zero-order valence-electron chi connectivity index (χ0n) is 14.3. The van der Waals surface area contributed by atoms with E-state index in [1.165, 1.54) is 5.56 Å². The summed E-state index contributed by atoms with van der Waals surface area (Å²) in [6.45, 7) is 5.89. The minimum absolute atomic E-state index is 0.144. The maximum Gasteiger partial charge on any atom is 0.119 e. The lowest BCUT2D eigenvalue weighted by molar-refractivity contribution is 0.147. The first-order valence-corrected chi connectivity index (χ1v) is 8.08. The Labute approximate surface area is 144 Å². The fourth-order valence-corrected chi connectivity index (χ4v) is 2.49. The Kier molecular flexibility index (Phi) is 6.28. The highest BCUT2D eigenvalue weighted by atomic mass is 16.5. The van der Waals surface area contributed by atoms with Crippen LogP contribution in [0.1, 0.15) is 31.4 Å². The smallest absolute Gasteiger partial charge is 0.119 e. The van der Waals surface area contributed by atoms with Crippen molar-refractivity contribution >= 4 is 0 Å². The molecule has 0 bridgehead atoms. The third-order valence-corrected chi connectivity index (χ3v) is 4.05. The van der Waals surface area contributed by atoms with Crippen molar-refractivity contribution in [3.05, 3.63) is 59.7 Å². The molecule has 2 aromatic carbocycles. The average Bonchev–Trinajstić information content (AvgIpc) is 2.59. The van der Waals surface area contributed by atoms with Crippen LogP contribution in [0, 0.1) is 12.3 Å². The number of phenols is 1. The Balaban J connectivity index is 1.93. The Morgan fingerprint density at radius 3 is 2.12 bits per heavy atom. The van der Waals surface area contributed by atoms with E-state index < -0.39 is 0 Å². The first-order chi connectivity index (χ1) is 11.5. The third kappa shape index (κ3) is 4.78. The Hall–Kier alpha value is -2.44. The molecular formula is C21H24O3. The predicted molar refractivity (Wildman–Crippen MR) is 96.4 cm³/mol. The molecule has 3 nitrogen and oxygen atoms in total. The summed E-state index contributed by atoms with van der Waals surface area (Å²) in [6.07, 6.45) is 5.92. The molecule has 0 unspecified atom stereocenters. The number of rotatable bonds is 8. The number of terminal acetylenes is 1. The molecule has 0 aliphatic carbocycles. The van der Waals surface area contributed by atoms with Crippen molar-refractivity contribution in [3.63, 3.8) is 0 Å². The number of aromatic hydroxyl groups is 1. The van der Waals surface area contributed by atoms with Crippen LogP contribution < -0.4 is 4.74 Å². The minimum atomic E-state index is -0.144. The normalized spacial score (nSPS) is 11.0. The number of hydrogen-bond acceptors (Lipinski definition) is 3. The number of hydrogen-bond donors (Lipinski definition) is 1. The number of benzene rings is 2. The van der Waals surface area contributed by atoms with Crippen molar-refractivity contribution in [1.29, 1.82) is 0 Å². The van der Waals surface area contributed by atoms with E-state index in [4.69, 9.17) is 15.9 Å². The summed E-state index contributed by atoms with van der Waals surface area (Å²) >= 11 is 0. The highest BCUT2D eigenvalue weighted by Gasteiger charge is 2.22. The van der Waals surface area contributed by atoms with E-state index in [2.05, 4.69) is 31.9 Å². The molecular weight excluding hydrogens is 300 g/mol. The largest absolute Gasteiger partial charge is 0.508 e. The monoisotopic (exact) mass is 324 g/mol. The van der Waals surface area contributed by atoms with E-state index in [0.29, 0.717) is 19.8 Å². The molecule has 3 heteroatoms. The van der Waals surface area contributed by atoms with Gasteiger partial charge in [0.2, 0.25) is 0 Å². The van der Waals surface area contributed by atoms with Gasteiger partial charge in [0.15, 0.2) is 0 Å². The Morgan fingerprint density at radius 2 is 1.54 bits per heavy atom. The molecule has 0 aliphatic heterocycles. The van der Waals surface area contributed by atoms with Gasteiger partial charge in [0.25, 0.3) is 0 Å². The van der Waals surface area contributed by atoms with Crippen LogP contribution in [-0.2, 0) is 10.2 Å². The molecule has 2 rings (SSSR count). The van der Waals surface area contributed by atoms with Gasteiger partial charge in [-0.15, -0.1) is 6.42 Å². The third-order valence-electron chi connectivity index (χ3n) is 4.05. The summed E-state index contributed by atoms with van der Waals surface area (Å²) in [5.41, 5.74) is 2.20. The minimum Gasteiger partial charge on any atom is -0.508 e. The summed E-state index contributed by atoms with van der Waals surface area (Å²) in [6, 6.07) is 15.5. The van der Waals surface area contributed by atoms with Gasteiger partial charge in [0.1, 0.15) is 18.1 Å². The summed E-state index contributed by atoms with van der Waals surface area (Å²) in [5, 5.41) is 9.44. The number of ether oxygens (including phenoxy) is 2. The molecule has 0 fully saturated rings. The summed E-state index contributed by atoms with van der Waals surface area (Å²) in [7, 11) is 0. The summed E-state index contributed by atoms with van der Waals surface area (Å²) < 4.78 is 10.9. The van der Waals surface area contributed by atoms with Crippen LogP contribution in [0.25, 0.3) is 0 Å². The molecule has 2 aromatic rings. The van der Waals surface area contributed by atoms with E-state index in [9.17, 15) is 5.11 Å². The van der Waals surface area contributed by atoms with Crippen molar-refractivity contribution in [2.75, 3.05) is 19.8 Å². The second-order valence-corrected chi connectivity index (χ2v) is 6.15. The molecule has 24 heavy (non-hydrogen) atoms.